The lowest BCUT2D eigenvalue weighted by atomic mass is 10.1. The zero-order valence-corrected chi connectivity index (χ0v) is 12.0. The molecule has 1 unspecified atom stereocenters. The first-order chi connectivity index (χ1) is 9.97. The number of carboxylic acids is 1. The van der Waals surface area contributed by atoms with Crippen molar-refractivity contribution in [1.29, 1.82) is 0 Å². The van der Waals surface area contributed by atoms with E-state index in [4.69, 9.17) is 5.11 Å². The van der Waals surface area contributed by atoms with Gasteiger partial charge >= 0.3 is 5.97 Å². The molecule has 0 bridgehead atoms. The van der Waals surface area contributed by atoms with E-state index in [9.17, 15) is 18.4 Å². The van der Waals surface area contributed by atoms with Crippen LogP contribution in [-0.4, -0.2) is 40.7 Å². The molecule has 2 rings (SSSR count). The Kier molecular flexibility index (Phi) is 5.17. The Morgan fingerprint density at radius 2 is 2.10 bits per heavy atom. The molecule has 21 heavy (non-hydrogen) atoms. The lowest BCUT2D eigenvalue weighted by Crippen LogP contribution is -2.30. The quantitative estimate of drug-likeness (QED) is 0.848. The summed E-state index contributed by atoms with van der Waals surface area (Å²) in [6.07, 6.45) is 0.730. The molecule has 1 fully saturated rings. The van der Waals surface area contributed by atoms with Crippen LogP contribution in [-0.2, 0) is 9.59 Å². The van der Waals surface area contributed by atoms with E-state index < -0.39 is 23.5 Å². The Labute approximate surface area is 125 Å². The van der Waals surface area contributed by atoms with E-state index in [0.29, 0.717) is 23.6 Å². The Hall–Kier alpha value is -1.63. The highest BCUT2D eigenvalue weighted by Crippen LogP contribution is 2.22. The van der Waals surface area contributed by atoms with Crippen LogP contribution < -0.4 is 0 Å². The number of hydrogen-bond donors (Lipinski definition) is 1. The van der Waals surface area contributed by atoms with Crippen LogP contribution in [0.25, 0.3) is 0 Å². The second-order valence-corrected chi connectivity index (χ2v) is 6.01. The molecule has 1 aromatic carbocycles. The number of thioether (sulfide) groups is 1. The molecule has 4 nitrogen and oxygen atoms in total. The van der Waals surface area contributed by atoms with Crippen LogP contribution in [0.1, 0.15) is 12.8 Å². The molecule has 1 atom stereocenters. The summed E-state index contributed by atoms with van der Waals surface area (Å²) in [5.74, 6) is -2.82. The maximum atomic E-state index is 13.0. The molecule has 7 heteroatoms. The minimum atomic E-state index is -0.907. The second kappa shape index (κ2) is 6.89. The van der Waals surface area contributed by atoms with Gasteiger partial charge in [0.1, 0.15) is 0 Å². The van der Waals surface area contributed by atoms with Crippen LogP contribution >= 0.6 is 11.8 Å². The molecule has 1 heterocycles. The number of benzene rings is 1. The van der Waals surface area contributed by atoms with Crippen molar-refractivity contribution in [1.82, 2.24) is 4.90 Å². The maximum Gasteiger partial charge on any atom is 0.308 e. The maximum absolute atomic E-state index is 13.0. The number of hydrogen-bond acceptors (Lipinski definition) is 3. The number of carbonyl (C=O) groups excluding carboxylic acids is 1. The monoisotopic (exact) mass is 315 g/mol. The zero-order valence-electron chi connectivity index (χ0n) is 11.2. The van der Waals surface area contributed by atoms with Crippen molar-refractivity contribution in [2.45, 2.75) is 17.7 Å². The molecule has 114 valence electrons. The van der Waals surface area contributed by atoms with Crippen LogP contribution in [0.4, 0.5) is 8.78 Å². The fourth-order valence-corrected chi connectivity index (χ4v) is 3.03. The molecule has 1 saturated heterocycles. The molecule has 0 radical (unpaired) electrons. The largest absolute Gasteiger partial charge is 0.481 e. The molecule has 0 aliphatic carbocycles. The van der Waals surface area contributed by atoms with Crippen LogP contribution in [0, 0.1) is 17.6 Å². The number of likely N-dealkylation sites (tertiary alicyclic amines) is 1. The smallest absolute Gasteiger partial charge is 0.308 e. The summed E-state index contributed by atoms with van der Waals surface area (Å²) >= 11 is 1.27. The first-order valence-electron chi connectivity index (χ1n) is 6.56. The summed E-state index contributed by atoms with van der Waals surface area (Å²) < 4.78 is 25.8. The molecular weight excluding hydrogens is 300 g/mol. The van der Waals surface area contributed by atoms with E-state index in [1.165, 1.54) is 17.8 Å². The molecule has 1 aliphatic heterocycles. The minimum absolute atomic E-state index is 0.103. The number of aliphatic carboxylic acids is 1. The average Bonchev–Trinajstić information content (AvgIpc) is 2.92. The molecule has 0 aromatic heterocycles. The van der Waals surface area contributed by atoms with Crippen molar-refractivity contribution in [3.63, 3.8) is 0 Å². The SMILES string of the molecule is O=C(O)C1CCN(C(=O)CCSc2ccc(F)c(F)c2)C1. The summed E-state index contributed by atoms with van der Waals surface area (Å²) in [5.41, 5.74) is 0. The Balaban J connectivity index is 1.77. The number of carbonyl (C=O) groups is 2. The summed E-state index contributed by atoms with van der Waals surface area (Å²) in [6.45, 7) is 0.718. The van der Waals surface area contributed by atoms with Gasteiger partial charge in [-0.25, -0.2) is 8.78 Å². The Morgan fingerprint density at radius 3 is 2.71 bits per heavy atom. The third kappa shape index (κ3) is 4.17. The van der Waals surface area contributed by atoms with Gasteiger partial charge in [-0.3, -0.25) is 9.59 Å². The van der Waals surface area contributed by atoms with Gasteiger partial charge in [-0.2, -0.15) is 0 Å². The van der Waals surface area contributed by atoms with E-state index in [1.807, 2.05) is 0 Å². The van der Waals surface area contributed by atoms with Gasteiger partial charge in [-0.05, 0) is 24.6 Å². The van der Waals surface area contributed by atoms with Crippen LogP contribution in [0.3, 0.4) is 0 Å². The average molecular weight is 315 g/mol. The summed E-state index contributed by atoms with van der Waals surface area (Å²) in [7, 11) is 0. The van der Waals surface area contributed by atoms with Crippen LogP contribution in [0.15, 0.2) is 23.1 Å². The fourth-order valence-electron chi connectivity index (χ4n) is 2.17. The summed E-state index contributed by atoms with van der Waals surface area (Å²) in [4.78, 5) is 24.8. The van der Waals surface area contributed by atoms with E-state index in [1.54, 1.807) is 4.90 Å². The van der Waals surface area contributed by atoms with Crippen molar-refractivity contribution in [2.75, 3.05) is 18.8 Å². The molecule has 1 aromatic rings. The van der Waals surface area contributed by atoms with Crippen molar-refractivity contribution in [3.05, 3.63) is 29.8 Å². The van der Waals surface area contributed by atoms with Crippen molar-refractivity contribution in [3.8, 4) is 0 Å². The van der Waals surface area contributed by atoms with Gasteiger partial charge in [0, 0.05) is 30.2 Å². The van der Waals surface area contributed by atoms with Crippen LogP contribution in [0.2, 0.25) is 0 Å². The summed E-state index contributed by atoms with van der Waals surface area (Å²) in [5, 5.41) is 8.88. The molecule has 0 saturated carbocycles. The number of carboxylic acid groups (broad SMARTS) is 1. The normalized spacial score (nSPS) is 18.0. The molecule has 1 aliphatic rings. The van der Waals surface area contributed by atoms with Gasteiger partial charge in [0.2, 0.25) is 5.91 Å². The van der Waals surface area contributed by atoms with Gasteiger partial charge < -0.3 is 10.0 Å². The minimum Gasteiger partial charge on any atom is -0.481 e. The molecule has 1 amide bonds. The van der Waals surface area contributed by atoms with E-state index in [-0.39, 0.29) is 18.9 Å². The van der Waals surface area contributed by atoms with E-state index in [0.717, 1.165) is 12.1 Å². The van der Waals surface area contributed by atoms with Gasteiger partial charge in [0.25, 0.3) is 0 Å². The molecule has 0 spiro atoms. The summed E-state index contributed by atoms with van der Waals surface area (Å²) in [6, 6.07) is 3.61. The highest BCUT2D eigenvalue weighted by Gasteiger charge is 2.30. The van der Waals surface area contributed by atoms with Crippen molar-refractivity contribution >= 4 is 23.6 Å². The predicted molar refractivity (Wildman–Crippen MR) is 74.0 cm³/mol. The van der Waals surface area contributed by atoms with Crippen LogP contribution in [0.5, 0.6) is 0 Å². The number of rotatable bonds is 5. The number of amides is 1. The van der Waals surface area contributed by atoms with Gasteiger partial charge in [0.15, 0.2) is 11.6 Å². The first-order valence-corrected chi connectivity index (χ1v) is 7.54. The van der Waals surface area contributed by atoms with Gasteiger partial charge in [-0.15, -0.1) is 11.8 Å². The Bertz CT molecular complexity index is 553. The van der Waals surface area contributed by atoms with E-state index >= 15 is 0 Å². The molecular formula is C14H15F2NO3S. The topological polar surface area (TPSA) is 57.6 Å². The standard InChI is InChI=1S/C14H15F2NO3S/c15-11-2-1-10(7-12(11)16)21-6-4-13(18)17-5-3-9(8-17)14(19)20/h1-2,7,9H,3-6,8H2,(H,19,20). The highest BCUT2D eigenvalue weighted by atomic mass is 32.2. The Morgan fingerprint density at radius 1 is 1.33 bits per heavy atom. The van der Waals surface area contributed by atoms with Gasteiger partial charge in [0.05, 0.1) is 5.92 Å². The van der Waals surface area contributed by atoms with Crippen molar-refractivity contribution in [2.24, 2.45) is 5.92 Å². The van der Waals surface area contributed by atoms with E-state index in [2.05, 4.69) is 0 Å². The highest BCUT2D eigenvalue weighted by molar-refractivity contribution is 7.99. The van der Waals surface area contributed by atoms with Crippen molar-refractivity contribution < 1.29 is 23.5 Å². The molecule has 1 N–H and O–H groups in total. The fraction of sp³-hybridized carbons (Fsp3) is 0.429. The lowest BCUT2D eigenvalue weighted by Gasteiger charge is -2.15. The number of halogens is 2. The van der Waals surface area contributed by atoms with Gasteiger partial charge in [-0.1, -0.05) is 0 Å². The zero-order chi connectivity index (χ0) is 15.4. The lowest BCUT2D eigenvalue weighted by molar-refractivity contribution is -0.141. The predicted octanol–water partition coefficient (Wildman–Crippen LogP) is 2.38. The third-order valence-electron chi connectivity index (χ3n) is 3.37. The second-order valence-electron chi connectivity index (χ2n) is 4.84. The third-order valence-corrected chi connectivity index (χ3v) is 4.36. The number of nitrogens with zero attached hydrogens (tertiary/aromatic N) is 1. The first kappa shape index (κ1) is 15.8.